The molecule has 0 aliphatic heterocycles. The van der Waals surface area contributed by atoms with E-state index in [1.807, 2.05) is 6.07 Å². The lowest BCUT2D eigenvalue weighted by Crippen LogP contribution is -1.96. The van der Waals surface area contributed by atoms with E-state index in [0.717, 1.165) is 0 Å². The molecule has 0 bridgehead atoms. The Labute approximate surface area is 109 Å². The number of benzene rings is 1. The molecule has 19 heavy (non-hydrogen) atoms. The molecule has 0 spiro atoms. The Bertz CT molecular complexity index is 677. The summed E-state index contributed by atoms with van der Waals surface area (Å²) in [6, 6.07) is 10.1. The minimum atomic E-state index is -0.423. The molecule has 0 aliphatic carbocycles. The lowest BCUT2D eigenvalue weighted by molar-refractivity contribution is -0.385. The van der Waals surface area contributed by atoms with Gasteiger partial charge in [0.15, 0.2) is 0 Å². The molecular weight excluding hydrogens is 244 g/mol. The van der Waals surface area contributed by atoms with Crippen molar-refractivity contribution in [3.63, 3.8) is 0 Å². The minimum Gasteiger partial charge on any atom is -0.355 e. The Morgan fingerprint density at radius 1 is 1.32 bits per heavy atom. The van der Waals surface area contributed by atoms with Gasteiger partial charge in [0.2, 0.25) is 0 Å². The largest absolute Gasteiger partial charge is 0.355 e. The molecule has 6 nitrogen and oxygen atoms in total. The summed E-state index contributed by atoms with van der Waals surface area (Å²) >= 11 is 0. The van der Waals surface area contributed by atoms with E-state index in [4.69, 9.17) is 5.26 Å². The summed E-state index contributed by atoms with van der Waals surface area (Å²) in [7, 11) is 0. The lowest BCUT2D eigenvalue weighted by atomic mass is 10.2. The topological polar surface area (TPSA) is 91.8 Å². The van der Waals surface area contributed by atoms with Crippen LogP contribution >= 0.6 is 0 Å². The number of nitro groups is 1. The van der Waals surface area contributed by atoms with Crippen LogP contribution in [0.1, 0.15) is 11.3 Å². The van der Waals surface area contributed by atoms with Gasteiger partial charge in [-0.3, -0.25) is 10.1 Å². The number of hydrogen-bond acceptors (Lipinski definition) is 5. The summed E-state index contributed by atoms with van der Waals surface area (Å²) in [6.07, 6.45) is 1.50. The predicted molar refractivity (Wildman–Crippen MR) is 70.1 cm³/mol. The molecule has 0 saturated heterocycles. The van der Waals surface area contributed by atoms with Crippen molar-refractivity contribution in [3.8, 4) is 6.07 Å². The molecule has 1 N–H and O–H groups in total. The van der Waals surface area contributed by atoms with Crippen molar-refractivity contribution >= 4 is 17.1 Å². The molecular formula is C13H10N4O2. The summed E-state index contributed by atoms with van der Waals surface area (Å²) in [5.74, 6) is 0. The van der Waals surface area contributed by atoms with Crippen molar-refractivity contribution in [3.05, 3.63) is 57.9 Å². The highest BCUT2D eigenvalue weighted by molar-refractivity contribution is 5.64. The number of rotatable bonds is 3. The lowest BCUT2D eigenvalue weighted by Gasteiger charge is -2.07. The van der Waals surface area contributed by atoms with Gasteiger partial charge in [0.05, 0.1) is 4.92 Å². The number of pyridine rings is 1. The highest BCUT2D eigenvalue weighted by Crippen LogP contribution is 2.24. The van der Waals surface area contributed by atoms with Crippen LogP contribution < -0.4 is 5.32 Å². The van der Waals surface area contributed by atoms with Crippen molar-refractivity contribution in [2.24, 2.45) is 0 Å². The Hall–Kier alpha value is -2.94. The molecule has 1 aromatic heterocycles. The molecule has 0 unspecified atom stereocenters. The van der Waals surface area contributed by atoms with Gasteiger partial charge in [-0.1, -0.05) is 6.07 Å². The maximum absolute atomic E-state index is 10.9. The van der Waals surface area contributed by atoms with Crippen molar-refractivity contribution < 1.29 is 4.92 Å². The van der Waals surface area contributed by atoms with Gasteiger partial charge in [-0.25, -0.2) is 4.98 Å². The molecule has 6 heteroatoms. The van der Waals surface area contributed by atoms with Crippen LogP contribution in [0.4, 0.5) is 17.1 Å². The summed E-state index contributed by atoms with van der Waals surface area (Å²) in [6.45, 7) is 1.68. The number of aryl methyl sites for hydroxylation is 1. The Morgan fingerprint density at radius 3 is 2.74 bits per heavy atom. The second kappa shape index (κ2) is 5.14. The molecule has 94 valence electrons. The Kier molecular flexibility index (Phi) is 3.39. The van der Waals surface area contributed by atoms with Gasteiger partial charge in [-0.15, -0.1) is 0 Å². The van der Waals surface area contributed by atoms with Gasteiger partial charge in [0.1, 0.15) is 11.8 Å². The zero-order chi connectivity index (χ0) is 13.8. The maximum Gasteiger partial charge on any atom is 0.274 e. The normalized spacial score (nSPS) is 9.68. The fourth-order valence-electron chi connectivity index (χ4n) is 1.62. The van der Waals surface area contributed by atoms with Gasteiger partial charge in [-0.2, -0.15) is 5.26 Å². The van der Waals surface area contributed by atoms with E-state index in [2.05, 4.69) is 10.3 Å². The monoisotopic (exact) mass is 254 g/mol. The quantitative estimate of drug-likeness (QED) is 0.671. The van der Waals surface area contributed by atoms with Gasteiger partial charge in [0.25, 0.3) is 5.69 Å². The zero-order valence-corrected chi connectivity index (χ0v) is 10.1. The first-order chi connectivity index (χ1) is 9.10. The van der Waals surface area contributed by atoms with Gasteiger partial charge in [-0.05, 0) is 25.1 Å². The predicted octanol–water partition coefficient (Wildman–Crippen LogP) is 2.91. The number of hydrogen-bond donors (Lipinski definition) is 1. The summed E-state index contributed by atoms with van der Waals surface area (Å²) in [4.78, 5) is 14.3. The third kappa shape index (κ3) is 2.84. The van der Waals surface area contributed by atoms with Crippen molar-refractivity contribution in [1.82, 2.24) is 4.98 Å². The van der Waals surface area contributed by atoms with E-state index in [9.17, 15) is 10.1 Å². The minimum absolute atomic E-state index is 0.0552. The second-order valence-electron chi connectivity index (χ2n) is 3.92. The summed E-state index contributed by atoms with van der Waals surface area (Å²) < 4.78 is 0. The van der Waals surface area contributed by atoms with Crippen LogP contribution in [-0.4, -0.2) is 9.91 Å². The standard InChI is InChI=1S/C13H10N4O2/c1-9-2-3-10(7-13(9)17(18)19)16-11-4-5-15-12(6-11)8-14/h2-7H,1H3,(H,15,16). The molecule has 0 saturated carbocycles. The maximum atomic E-state index is 10.9. The summed E-state index contributed by atoms with van der Waals surface area (Å²) in [5, 5.41) is 22.6. The molecule has 0 radical (unpaired) electrons. The van der Waals surface area contributed by atoms with Crippen LogP contribution in [0, 0.1) is 28.4 Å². The van der Waals surface area contributed by atoms with Crippen LogP contribution in [-0.2, 0) is 0 Å². The highest BCUT2D eigenvalue weighted by atomic mass is 16.6. The molecule has 2 aromatic rings. The fraction of sp³-hybridized carbons (Fsp3) is 0.0769. The number of nitriles is 1. The smallest absolute Gasteiger partial charge is 0.274 e. The molecule has 0 atom stereocenters. The first-order valence-electron chi connectivity index (χ1n) is 5.48. The SMILES string of the molecule is Cc1ccc(Nc2ccnc(C#N)c2)cc1[N+](=O)[O-]. The number of aromatic nitrogens is 1. The van der Waals surface area contributed by atoms with Crippen LogP contribution in [0.2, 0.25) is 0 Å². The third-order valence-electron chi connectivity index (χ3n) is 2.57. The van der Waals surface area contributed by atoms with Crippen LogP contribution in [0.5, 0.6) is 0 Å². The van der Waals surface area contributed by atoms with E-state index in [1.54, 1.807) is 31.2 Å². The number of nitro benzene ring substituents is 1. The molecule has 0 amide bonds. The Morgan fingerprint density at radius 2 is 2.05 bits per heavy atom. The van der Waals surface area contributed by atoms with E-state index < -0.39 is 4.92 Å². The van der Waals surface area contributed by atoms with Crippen LogP contribution in [0.3, 0.4) is 0 Å². The van der Waals surface area contributed by atoms with E-state index in [0.29, 0.717) is 16.9 Å². The van der Waals surface area contributed by atoms with E-state index in [-0.39, 0.29) is 11.4 Å². The van der Waals surface area contributed by atoms with Gasteiger partial charge in [0, 0.05) is 29.2 Å². The molecule has 2 rings (SSSR count). The van der Waals surface area contributed by atoms with Crippen molar-refractivity contribution in [2.45, 2.75) is 6.92 Å². The Balaban J connectivity index is 2.31. The molecule has 1 aromatic carbocycles. The molecule has 0 aliphatic rings. The number of nitrogens with one attached hydrogen (secondary N) is 1. The number of nitrogens with zero attached hydrogens (tertiary/aromatic N) is 3. The zero-order valence-electron chi connectivity index (χ0n) is 10.1. The summed E-state index contributed by atoms with van der Waals surface area (Å²) in [5.41, 5.74) is 2.19. The first-order valence-corrected chi connectivity index (χ1v) is 5.48. The molecule has 1 heterocycles. The second-order valence-corrected chi connectivity index (χ2v) is 3.92. The van der Waals surface area contributed by atoms with Crippen LogP contribution in [0.25, 0.3) is 0 Å². The fourth-order valence-corrected chi connectivity index (χ4v) is 1.62. The van der Waals surface area contributed by atoms with Gasteiger partial charge >= 0.3 is 0 Å². The average molecular weight is 254 g/mol. The third-order valence-corrected chi connectivity index (χ3v) is 2.57. The first kappa shape index (κ1) is 12.5. The average Bonchev–Trinajstić information content (AvgIpc) is 2.41. The number of anilines is 2. The van der Waals surface area contributed by atoms with E-state index >= 15 is 0 Å². The van der Waals surface area contributed by atoms with Gasteiger partial charge < -0.3 is 5.32 Å². The van der Waals surface area contributed by atoms with Crippen molar-refractivity contribution in [2.75, 3.05) is 5.32 Å². The highest BCUT2D eigenvalue weighted by Gasteiger charge is 2.11. The molecule has 0 fully saturated rings. The van der Waals surface area contributed by atoms with E-state index in [1.165, 1.54) is 12.3 Å². The van der Waals surface area contributed by atoms with Crippen LogP contribution in [0.15, 0.2) is 36.5 Å². The van der Waals surface area contributed by atoms with Crippen molar-refractivity contribution in [1.29, 1.82) is 5.26 Å².